The minimum Gasteiger partial charge on any atom is -0.494 e. The van der Waals surface area contributed by atoms with E-state index in [0.29, 0.717) is 39.2 Å². The number of fused-ring (bicyclic) bond motifs is 1. The van der Waals surface area contributed by atoms with Gasteiger partial charge in [-0.3, -0.25) is 4.98 Å². The third-order valence-corrected chi connectivity index (χ3v) is 4.15. The molecule has 144 valence electrons. The molecule has 1 heterocycles. The maximum atomic E-state index is 12.4. The van der Waals surface area contributed by atoms with Gasteiger partial charge in [-0.2, -0.15) is 0 Å². The van der Waals surface area contributed by atoms with Crippen LogP contribution in [0.15, 0.2) is 48.7 Å². The summed E-state index contributed by atoms with van der Waals surface area (Å²) >= 11 is 0. The Balaban J connectivity index is 2.09. The van der Waals surface area contributed by atoms with Crippen molar-refractivity contribution in [3.63, 3.8) is 0 Å². The number of methoxy groups -OCH3 is 2. The quantitative estimate of drug-likeness (QED) is 0.648. The summed E-state index contributed by atoms with van der Waals surface area (Å²) in [6, 6.07) is 12.2. The van der Waals surface area contributed by atoms with Crippen molar-refractivity contribution in [1.82, 2.24) is 4.98 Å². The zero-order valence-electron chi connectivity index (χ0n) is 15.8. The Labute approximate surface area is 162 Å². The number of aromatic nitrogens is 1. The third kappa shape index (κ3) is 3.73. The largest absolute Gasteiger partial charge is 0.494 e. The van der Waals surface area contributed by atoms with E-state index < -0.39 is 11.9 Å². The standard InChI is InChI=1S/C21H20N2O5/c1-4-28-21(25)16-12-22-19-15(6-5-7-17(19)26-2)18(16)23-14-10-8-13(9-11-14)20(24)27-3/h5-12H,4H2,1-3H3,(H,22,23). The van der Waals surface area contributed by atoms with E-state index in [0.717, 1.165) is 0 Å². The van der Waals surface area contributed by atoms with Crippen molar-refractivity contribution < 1.29 is 23.8 Å². The fraction of sp³-hybridized carbons (Fsp3) is 0.190. The Bertz CT molecular complexity index is 1020. The predicted molar refractivity (Wildman–Crippen MR) is 105 cm³/mol. The van der Waals surface area contributed by atoms with Gasteiger partial charge in [-0.15, -0.1) is 0 Å². The molecule has 0 bridgehead atoms. The van der Waals surface area contributed by atoms with Gasteiger partial charge in [-0.05, 0) is 37.3 Å². The zero-order chi connectivity index (χ0) is 20.1. The molecule has 7 heteroatoms. The highest BCUT2D eigenvalue weighted by molar-refractivity contribution is 6.07. The van der Waals surface area contributed by atoms with Gasteiger partial charge in [0, 0.05) is 17.3 Å². The van der Waals surface area contributed by atoms with Crippen LogP contribution in [0, 0.1) is 0 Å². The van der Waals surface area contributed by atoms with Gasteiger partial charge in [0.05, 0.1) is 32.1 Å². The van der Waals surface area contributed by atoms with E-state index in [9.17, 15) is 9.59 Å². The topological polar surface area (TPSA) is 86.8 Å². The van der Waals surface area contributed by atoms with E-state index in [-0.39, 0.29) is 6.61 Å². The van der Waals surface area contributed by atoms with Crippen LogP contribution in [0.3, 0.4) is 0 Å². The highest BCUT2D eigenvalue weighted by Gasteiger charge is 2.18. The summed E-state index contributed by atoms with van der Waals surface area (Å²) in [6.45, 7) is 2.00. The van der Waals surface area contributed by atoms with E-state index in [1.54, 1.807) is 44.4 Å². The minimum absolute atomic E-state index is 0.252. The lowest BCUT2D eigenvalue weighted by Gasteiger charge is -2.15. The summed E-state index contributed by atoms with van der Waals surface area (Å²) in [5.41, 5.74) is 2.59. The van der Waals surface area contributed by atoms with E-state index in [1.807, 2.05) is 12.1 Å². The zero-order valence-corrected chi connectivity index (χ0v) is 15.8. The number of nitrogens with one attached hydrogen (secondary N) is 1. The molecule has 0 unspecified atom stereocenters. The maximum Gasteiger partial charge on any atom is 0.341 e. The molecule has 2 aromatic carbocycles. The molecular formula is C21H20N2O5. The van der Waals surface area contributed by atoms with Gasteiger partial charge in [0.15, 0.2) is 0 Å². The molecule has 0 saturated carbocycles. The number of benzene rings is 2. The van der Waals surface area contributed by atoms with Crippen molar-refractivity contribution in [3.8, 4) is 5.75 Å². The summed E-state index contributed by atoms with van der Waals surface area (Å²) in [6.07, 6.45) is 1.47. The first kappa shape index (κ1) is 19.2. The molecule has 0 radical (unpaired) electrons. The van der Waals surface area contributed by atoms with Crippen LogP contribution in [0.5, 0.6) is 5.75 Å². The summed E-state index contributed by atoms with van der Waals surface area (Å²) in [4.78, 5) is 28.4. The van der Waals surface area contributed by atoms with E-state index in [4.69, 9.17) is 14.2 Å². The lowest BCUT2D eigenvalue weighted by Crippen LogP contribution is -2.09. The molecule has 0 aliphatic rings. The van der Waals surface area contributed by atoms with Crippen molar-refractivity contribution in [3.05, 3.63) is 59.8 Å². The number of esters is 2. The number of pyridine rings is 1. The van der Waals surface area contributed by atoms with Crippen LogP contribution in [0.25, 0.3) is 10.9 Å². The lowest BCUT2D eigenvalue weighted by atomic mass is 10.1. The van der Waals surface area contributed by atoms with Gasteiger partial charge < -0.3 is 19.5 Å². The van der Waals surface area contributed by atoms with Crippen molar-refractivity contribution in [2.45, 2.75) is 6.92 Å². The first-order valence-corrected chi connectivity index (χ1v) is 8.67. The molecule has 0 atom stereocenters. The molecule has 0 amide bonds. The van der Waals surface area contributed by atoms with Crippen molar-refractivity contribution in [1.29, 1.82) is 0 Å². The Hall–Kier alpha value is -3.61. The fourth-order valence-corrected chi connectivity index (χ4v) is 2.81. The normalized spacial score (nSPS) is 10.4. The van der Waals surface area contributed by atoms with E-state index >= 15 is 0 Å². The van der Waals surface area contributed by atoms with Gasteiger partial charge in [-0.1, -0.05) is 12.1 Å². The smallest absolute Gasteiger partial charge is 0.341 e. The van der Waals surface area contributed by atoms with Crippen molar-refractivity contribution in [2.75, 3.05) is 26.1 Å². The monoisotopic (exact) mass is 380 g/mol. The minimum atomic E-state index is -0.478. The Kier molecular flexibility index (Phi) is 5.74. The van der Waals surface area contributed by atoms with Crippen LogP contribution in [0.2, 0.25) is 0 Å². The van der Waals surface area contributed by atoms with Crippen molar-refractivity contribution in [2.24, 2.45) is 0 Å². The molecule has 28 heavy (non-hydrogen) atoms. The highest BCUT2D eigenvalue weighted by Crippen LogP contribution is 2.33. The van der Waals surface area contributed by atoms with Crippen LogP contribution in [0.4, 0.5) is 11.4 Å². The highest BCUT2D eigenvalue weighted by atomic mass is 16.5. The summed E-state index contributed by atoms with van der Waals surface area (Å²) in [5.74, 6) is -0.303. The molecule has 0 aliphatic heterocycles. The van der Waals surface area contributed by atoms with Gasteiger partial charge in [0.1, 0.15) is 16.8 Å². The number of rotatable bonds is 6. The molecule has 7 nitrogen and oxygen atoms in total. The van der Waals surface area contributed by atoms with Gasteiger partial charge in [-0.25, -0.2) is 9.59 Å². The molecule has 0 aliphatic carbocycles. The van der Waals surface area contributed by atoms with Crippen molar-refractivity contribution >= 4 is 34.2 Å². The molecule has 1 N–H and O–H groups in total. The van der Waals surface area contributed by atoms with E-state index in [1.165, 1.54) is 13.3 Å². The number of hydrogen-bond donors (Lipinski definition) is 1. The molecule has 3 aromatic rings. The van der Waals surface area contributed by atoms with Gasteiger partial charge in [0.2, 0.25) is 0 Å². The molecule has 0 fully saturated rings. The second-order valence-corrected chi connectivity index (χ2v) is 5.82. The summed E-state index contributed by atoms with van der Waals surface area (Å²) < 4.78 is 15.3. The van der Waals surface area contributed by atoms with E-state index in [2.05, 4.69) is 10.3 Å². The maximum absolute atomic E-state index is 12.4. The molecule has 3 rings (SSSR count). The SMILES string of the molecule is CCOC(=O)c1cnc2c(OC)cccc2c1Nc1ccc(C(=O)OC)cc1. The van der Waals surface area contributed by atoms with Crippen LogP contribution in [-0.2, 0) is 9.47 Å². The Morgan fingerprint density at radius 2 is 1.79 bits per heavy atom. The molecular weight excluding hydrogens is 360 g/mol. The summed E-state index contributed by atoms with van der Waals surface area (Å²) in [5, 5.41) is 3.95. The van der Waals surface area contributed by atoms with Gasteiger partial charge in [0.25, 0.3) is 0 Å². The first-order valence-electron chi connectivity index (χ1n) is 8.67. The molecule has 1 aromatic heterocycles. The van der Waals surface area contributed by atoms with Crippen LogP contribution in [-0.4, -0.2) is 37.7 Å². The third-order valence-electron chi connectivity index (χ3n) is 4.15. The van der Waals surface area contributed by atoms with Crippen LogP contribution < -0.4 is 10.1 Å². The lowest BCUT2D eigenvalue weighted by molar-refractivity contribution is 0.0526. The summed E-state index contributed by atoms with van der Waals surface area (Å²) in [7, 11) is 2.89. The fourth-order valence-electron chi connectivity index (χ4n) is 2.81. The average molecular weight is 380 g/mol. The number of carbonyl (C=O) groups is 2. The van der Waals surface area contributed by atoms with Gasteiger partial charge >= 0.3 is 11.9 Å². The number of hydrogen-bond acceptors (Lipinski definition) is 7. The predicted octanol–water partition coefficient (Wildman–Crippen LogP) is 3.95. The first-order chi connectivity index (χ1) is 13.6. The Morgan fingerprint density at radius 3 is 2.43 bits per heavy atom. The number of nitrogens with zero attached hydrogens (tertiary/aromatic N) is 1. The second-order valence-electron chi connectivity index (χ2n) is 5.82. The molecule has 0 spiro atoms. The van der Waals surface area contributed by atoms with Crippen LogP contribution >= 0.6 is 0 Å². The number of ether oxygens (including phenoxy) is 3. The number of para-hydroxylation sites is 1. The number of anilines is 2. The average Bonchev–Trinajstić information content (AvgIpc) is 2.73. The Morgan fingerprint density at radius 1 is 1.04 bits per heavy atom. The second kappa shape index (κ2) is 8.39. The van der Waals surface area contributed by atoms with Crippen LogP contribution in [0.1, 0.15) is 27.6 Å². The number of carbonyl (C=O) groups excluding carboxylic acids is 2. The molecule has 0 saturated heterocycles.